The van der Waals surface area contributed by atoms with Gasteiger partial charge in [-0.3, -0.25) is 4.79 Å². The minimum Gasteiger partial charge on any atom is -0.352 e. The van der Waals surface area contributed by atoms with E-state index in [-0.39, 0.29) is 23.3 Å². The Kier molecular flexibility index (Phi) is 4.38. The Bertz CT molecular complexity index is 601. The maximum absolute atomic E-state index is 11.9. The van der Waals surface area contributed by atoms with Crippen LogP contribution in [-0.4, -0.2) is 32.4 Å². The third-order valence-electron chi connectivity index (χ3n) is 3.05. The average Bonchev–Trinajstić information content (AvgIpc) is 2.69. The number of carbonyl (C=O) groups is 1. The molecule has 1 aromatic rings. The summed E-state index contributed by atoms with van der Waals surface area (Å²) in [6.07, 6.45) is 0.589. The third-order valence-corrected chi connectivity index (χ3v) is 5.45. The van der Waals surface area contributed by atoms with E-state index in [9.17, 15) is 13.2 Å². The molecule has 0 spiro atoms. The summed E-state index contributed by atoms with van der Waals surface area (Å²) < 4.78 is 22.6. The zero-order chi connectivity index (χ0) is 14.0. The van der Waals surface area contributed by atoms with Crippen molar-refractivity contribution in [3.05, 3.63) is 33.8 Å². The molecule has 2 rings (SSSR count). The quantitative estimate of drug-likeness (QED) is 0.927. The smallest absolute Gasteiger partial charge is 0.252 e. The van der Waals surface area contributed by atoms with E-state index >= 15 is 0 Å². The van der Waals surface area contributed by atoms with Crippen LogP contribution in [0.15, 0.2) is 18.2 Å². The van der Waals surface area contributed by atoms with Crippen LogP contribution in [-0.2, 0) is 9.84 Å². The molecule has 0 bridgehead atoms. The van der Waals surface area contributed by atoms with Gasteiger partial charge in [0.2, 0.25) is 0 Å². The molecule has 1 aromatic carbocycles. The normalized spacial score (nSPS) is 21.3. The molecule has 104 valence electrons. The Morgan fingerprint density at radius 1 is 1.37 bits per heavy atom. The first-order valence-electron chi connectivity index (χ1n) is 5.81. The van der Waals surface area contributed by atoms with Gasteiger partial charge in [0.15, 0.2) is 9.84 Å². The van der Waals surface area contributed by atoms with Crippen LogP contribution in [0.4, 0.5) is 0 Å². The van der Waals surface area contributed by atoms with Gasteiger partial charge in [-0.2, -0.15) is 0 Å². The van der Waals surface area contributed by atoms with Crippen molar-refractivity contribution in [2.45, 2.75) is 6.42 Å². The fourth-order valence-electron chi connectivity index (χ4n) is 2.04. The van der Waals surface area contributed by atoms with Crippen molar-refractivity contribution in [2.75, 3.05) is 18.1 Å². The first kappa shape index (κ1) is 14.6. The zero-order valence-electron chi connectivity index (χ0n) is 10.0. The van der Waals surface area contributed by atoms with Crippen molar-refractivity contribution in [1.82, 2.24) is 5.32 Å². The fraction of sp³-hybridized carbons (Fsp3) is 0.417. The first-order chi connectivity index (χ1) is 8.87. The number of nitrogens with one attached hydrogen (secondary N) is 1. The first-order valence-corrected chi connectivity index (χ1v) is 8.39. The summed E-state index contributed by atoms with van der Waals surface area (Å²) in [7, 11) is -2.92. The molecule has 1 unspecified atom stereocenters. The second-order valence-corrected chi connectivity index (χ2v) is 7.68. The highest BCUT2D eigenvalue weighted by molar-refractivity contribution is 7.91. The third kappa shape index (κ3) is 3.84. The maximum atomic E-state index is 11.9. The summed E-state index contributed by atoms with van der Waals surface area (Å²) in [6, 6.07) is 4.65. The molecule has 1 saturated heterocycles. The van der Waals surface area contributed by atoms with E-state index in [0.717, 1.165) is 0 Å². The number of hydrogen-bond donors (Lipinski definition) is 1. The van der Waals surface area contributed by atoms with E-state index in [2.05, 4.69) is 5.32 Å². The lowest BCUT2D eigenvalue weighted by Gasteiger charge is -2.10. The van der Waals surface area contributed by atoms with E-state index in [1.54, 1.807) is 12.1 Å². The lowest BCUT2D eigenvalue weighted by Crippen LogP contribution is -2.30. The van der Waals surface area contributed by atoms with Crippen molar-refractivity contribution < 1.29 is 13.2 Å². The summed E-state index contributed by atoms with van der Waals surface area (Å²) in [5, 5.41) is 3.45. The molecule has 1 aliphatic rings. The Labute approximate surface area is 122 Å². The highest BCUT2D eigenvalue weighted by Crippen LogP contribution is 2.21. The van der Waals surface area contributed by atoms with Crippen LogP contribution < -0.4 is 5.32 Å². The molecule has 1 N–H and O–H groups in total. The number of halogens is 2. The van der Waals surface area contributed by atoms with E-state index < -0.39 is 9.84 Å². The summed E-state index contributed by atoms with van der Waals surface area (Å²) in [4.78, 5) is 11.9. The predicted molar refractivity (Wildman–Crippen MR) is 75.6 cm³/mol. The molecular weight excluding hydrogens is 309 g/mol. The van der Waals surface area contributed by atoms with Gasteiger partial charge in [0.1, 0.15) is 0 Å². The van der Waals surface area contributed by atoms with E-state index in [1.165, 1.54) is 6.07 Å². The summed E-state index contributed by atoms with van der Waals surface area (Å²) >= 11 is 11.7. The van der Waals surface area contributed by atoms with Crippen LogP contribution >= 0.6 is 23.2 Å². The molecule has 4 nitrogen and oxygen atoms in total. The number of amides is 1. The lowest BCUT2D eigenvalue weighted by molar-refractivity contribution is 0.0948. The molecule has 19 heavy (non-hydrogen) atoms. The standard InChI is InChI=1S/C12H13Cl2NO3S/c13-9-1-2-11(14)10(5-9)12(16)15-6-8-3-4-19(17,18)7-8/h1-2,5,8H,3-4,6-7H2,(H,15,16). The lowest BCUT2D eigenvalue weighted by atomic mass is 10.1. The van der Waals surface area contributed by atoms with E-state index in [1.807, 2.05) is 0 Å². The molecular formula is C12H13Cl2NO3S. The molecule has 1 heterocycles. The monoisotopic (exact) mass is 321 g/mol. The Morgan fingerprint density at radius 3 is 2.74 bits per heavy atom. The van der Waals surface area contributed by atoms with Gasteiger partial charge in [-0.1, -0.05) is 23.2 Å². The fourth-order valence-corrected chi connectivity index (χ4v) is 4.27. The summed E-state index contributed by atoms with van der Waals surface area (Å²) in [6.45, 7) is 0.334. The minimum absolute atomic E-state index is 0.0214. The van der Waals surface area contributed by atoms with Crippen molar-refractivity contribution in [3.8, 4) is 0 Å². The highest BCUT2D eigenvalue weighted by atomic mass is 35.5. The molecule has 1 fully saturated rings. The molecule has 1 aliphatic heterocycles. The van der Waals surface area contributed by atoms with Crippen LogP contribution in [0.2, 0.25) is 10.0 Å². The highest BCUT2D eigenvalue weighted by Gasteiger charge is 2.28. The summed E-state index contributed by atoms with van der Waals surface area (Å²) in [5.74, 6) is -0.0223. The van der Waals surface area contributed by atoms with Gasteiger partial charge in [-0.15, -0.1) is 0 Å². The average molecular weight is 322 g/mol. The number of hydrogen-bond acceptors (Lipinski definition) is 3. The molecule has 7 heteroatoms. The van der Waals surface area contributed by atoms with Crippen molar-refractivity contribution in [3.63, 3.8) is 0 Å². The number of sulfone groups is 1. The van der Waals surface area contributed by atoms with Gasteiger partial charge in [-0.05, 0) is 30.5 Å². The second kappa shape index (κ2) is 5.69. The Balaban J connectivity index is 1.97. The molecule has 0 radical (unpaired) electrons. The van der Waals surface area contributed by atoms with E-state index in [4.69, 9.17) is 23.2 Å². The molecule has 1 amide bonds. The van der Waals surface area contributed by atoms with Gasteiger partial charge in [0, 0.05) is 11.6 Å². The maximum Gasteiger partial charge on any atom is 0.252 e. The minimum atomic E-state index is -2.92. The number of rotatable bonds is 3. The van der Waals surface area contributed by atoms with Crippen molar-refractivity contribution in [1.29, 1.82) is 0 Å². The Morgan fingerprint density at radius 2 is 2.11 bits per heavy atom. The molecule has 0 aromatic heterocycles. The van der Waals surface area contributed by atoms with E-state index in [0.29, 0.717) is 28.6 Å². The van der Waals surface area contributed by atoms with Gasteiger partial charge < -0.3 is 5.32 Å². The van der Waals surface area contributed by atoms with Crippen molar-refractivity contribution >= 4 is 38.9 Å². The van der Waals surface area contributed by atoms with Crippen LogP contribution in [0, 0.1) is 5.92 Å². The number of benzene rings is 1. The predicted octanol–water partition coefficient (Wildman–Crippen LogP) is 2.16. The van der Waals surface area contributed by atoms with Crippen LogP contribution in [0.3, 0.4) is 0 Å². The van der Waals surface area contributed by atoms with Crippen LogP contribution in [0.1, 0.15) is 16.8 Å². The molecule has 1 atom stereocenters. The topological polar surface area (TPSA) is 63.2 Å². The number of carbonyl (C=O) groups excluding carboxylic acids is 1. The SMILES string of the molecule is O=C(NCC1CCS(=O)(=O)C1)c1cc(Cl)ccc1Cl. The zero-order valence-corrected chi connectivity index (χ0v) is 12.4. The second-order valence-electron chi connectivity index (χ2n) is 4.60. The van der Waals surface area contributed by atoms with Crippen LogP contribution in [0.25, 0.3) is 0 Å². The van der Waals surface area contributed by atoms with Gasteiger partial charge in [0.05, 0.1) is 22.1 Å². The molecule has 0 aliphatic carbocycles. The van der Waals surface area contributed by atoms with Gasteiger partial charge in [0.25, 0.3) is 5.91 Å². The van der Waals surface area contributed by atoms with Gasteiger partial charge >= 0.3 is 0 Å². The molecule has 0 saturated carbocycles. The van der Waals surface area contributed by atoms with Gasteiger partial charge in [-0.25, -0.2) is 8.42 Å². The van der Waals surface area contributed by atoms with Crippen molar-refractivity contribution in [2.24, 2.45) is 5.92 Å². The summed E-state index contributed by atoms with van der Waals surface area (Å²) in [5.41, 5.74) is 0.301. The largest absolute Gasteiger partial charge is 0.352 e. The Hall–Kier alpha value is -0.780. The van der Waals surface area contributed by atoms with Crippen LogP contribution in [0.5, 0.6) is 0 Å².